The van der Waals surface area contributed by atoms with E-state index >= 15 is 0 Å². The molecular weight excluding hydrogens is 394 g/mol. The molecular formula is C19H17N5O2S2. The van der Waals surface area contributed by atoms with Crippen molar-refractivity contribution < 1.29 is 9.15 Å². The third kappa shape index (κ3) is 4.32. The normalized spacial score (nSPS) is 11.9. The molecule has 142 valence electrons. The maximum absolute atomic E-state index is 5.81. The molecule has 9 heteroatoms. The molecule has 0 aliphatic heterocycles. The molecule has 0 aliphatic carbocycles. The van der Waals surface area contributed by atoms with Gasteiger partial charge in [-0.15, -0.1) is 20.4 Å². The van der Waals surface area contributed by atoms with Crippen LogP contribution in [0.3, 0.4) is 0 Å². The lowest BCUT2D eigenvalue weighted by Gasteiger charge is -2.03. The number of ether oxygens (including phenoxy) is 1. The van der Waals surface area contributed by atoms with Gasteiger partial charge in [0.15, 0.2) is 4.34 Å². The molecule has 28 heavy (non-hydrogen) atoms. The summed E-state index contributed by atoms with van der Waals surface area (Å²) in [5, 5.41) is 20.7. The van der Waals surface area contributed by atoms with Crippen molar-refractivity contribution in [2.45, 2.75) is 16.5 Å². The fourth-order valence-electron chi connectivity index (χ4n) is 2.40. The third-order valence-corrected chi connectivity index (χ3v) is 5.84. The van der Waals surface area contributed by atoms with E-state index in [1.165, 1.54) is 23.1 Å². The van der Waals surface area contributed by atoms with E-state index in [0.29, 0.717) is 11.8 Å². The quantitative estimate of drug-likeness (QED) is 0.416. The summed E-state index contributed by atoms with van der Waals surface area (Å²) >= 11 is 3.00. The minimum atomic E-state index is -0.0354. The molecule has 0 bridgehead atoms. The van der Waals surface area contributed by atoms with Gasteiger partial charge in [0, 0.05) is 11.3 Å². The van der Waals surface area contributed by atoms with Crippen LogP contribution in [-0.2, 0) is 0 Å². The van der Waals surface area contributed by atoms with Gasteiger partial charge in [-0.2, -0.15) is 0 Å². The molecule has 7 nitrogen and oxygen atoms in total. The second kappa shape index (κ2) is 8.41. The Hall–Kier alpha value is -2.91. The first-order valence-electron chi connectivity index (χ1n) is 8.51. The van der Waals surface area contributed by atoms with Crippen molar-refractivity contribution in [2.24, 2.45) is 0 Å². The van der Waals surface area contributed by atoms with Gasteiger partial charge in [-0.25, -0.2) is 0 Å². The average Bonchev–Trinajstić information content (AvgIpc) is 3.39. The Morgan fingerprint density at radius 1 is 1.00 bits per heavy atom. The molecule has 0 amide bonds. The van der Waals surface area contributed by atoms with Gasteiger partial charge in [-0.3, -0.25) is 0 Å². The molecule has 2 aromatic heterocycles. The Morgan fingerprint density at radius 2 is 1.79 bits per heavy atom. The SMILES string of the molecule is COc1ccc(Nc2nnc(S[C@@H](C)c3nnc(-c4ccccc4)o3)s2)cc1. The van der Waals surface area contributed by atoms with Crippen LogP contribution < -0.4 is 10.1 Å². The predicted molar refractivity (Wildman–Crippen MR) is 110 cm³/mol. The van der Waals surface area contributed by atoms with Crippen molar-refractivity contribution in [1.82, 2.24) is 20.4 Å². The van der Waals surface area contributed by atoms with Gasteiger partial charge in [0.05, 0.1) is 12.4 Å². The van der Waals surface area contributed by atoms with E-state index < -0.39 is 0 Å². The Bertz CT molecular complexity index is 1030. The van der Waals surface area contributed by atoms with Crippen LogP contribution >= 0.6 is 23.1 Å². The molecule has 0 saturated carbocycles. The molecule has 1 atom stereocenters. The Kier molecular flexibility index (Phi) is 5.54. The zero-order valence-corrected chi connectivity index (χ0v) is 16.8. The Labute approximate surface area is 170 Å². The third-order valence-electron chi connectivity index (χ3n) is 3.83. The fraction of sp³-hybridized carbons (Fsp3) is 0.158. The molecule has 4 aromatic rings. The van der Waals surface area contributed by atoms with Gasteiger partial charge < -0.3 is 14.5 Å². The first-order chi connectivity index (χ1) is 13.7. The number of thioether (sulfide) groups is 1. The van der Waals surface area contributed by atoms with Gasteiger partial charge in [0.25, 0.3) is 0 Å². The molecule has 2 heterocycles. The van der Waals surface area contributed by atoms with Crippen LogP contribution in [0.5, 0.6) is 5.75 Å². The van der Waals surface area contributed by atoms with Crippen molar-refractivity contribution in [3.63, 3.8) is 0 Å². The number of anilines is 2. The molecule has 4 rings (SSSR count). The summed E-state index contributed by atoms with van der Waals surface area (Å²) in [4.78, 5) is 0. The van der Waals surface area contributed by atoms with Crippen LogP contribution in [0.2, 0.25) is 0 Å². The fourth-order valence-corrected chi connectivity index (χ4v) is 4.35. The maximum Gasteiger partial charge on any atom is 0.247 e. The maximum atomic E-state index is 5.81. The highest BCUT2D eigenvalue weighted by atomic mass is 32.2. The van der Waals surface area contributed by atoms with Crippen molar-refractivity contribution >= 4 is 33.9 Å². The summed E-state index contributed by atoms with van der Waals surface area (Å²) in [6.45, 7) is 2.00. The number of hydrogen-bond donors (Lipinski definition) is 1. The average molecular weight is 412 g/mol. The minimum Gasteiger partial charge on any atom is -0.497 e. The molecule has 0 unspecified atom stereocenters. The van der Waals surface area contributed by atoms with Gasteiger partial charge in [0.1, 0.15) is 5.75 Å². The van der Waals surface area contributed by atoms with Crippen LogP contribution in [0.4, 0.5) is 10.8 Å². The van der Waals surface area contributed by atoms with E-state index in [2.05, 4.69) is 25.7 Å². The Balaban J connectivity index is 1.40. The van der Waals surface area contributed by atoms with Crippen LogP contribution in [0.25, 0.3) is 11.5 Å². The lowest BCUT2D eigenvalue weighted by atomic mass is 10.2. The highest BCUT2D eigenvalue weighted by molar-refractivity contribution is 8.01. The van der Waals surface area contributed by atoms with E-state index in [9.17, 15) is 0 Å². The minimum absolute atomic E-state index is 0.0354. The number of nitrogens with one attached hydrogen (secondary N) is 1. The van der Waals surface area contributed by atoms with Crippen LogP contribution in [0.1, 0.15) is 18.1 Å². The van der Waals surface area contributed by atoms with E-state index in [1.807, 2.05) is 61.5 Å². The number of rotatable bonds is 7. The largest absolute Gasteiger partial charge is 0.497 e. The highest BCUT2D eigenvalue weighted by Gasteiger charge is 2.18. The van der Waals surface area contributed by atoms with E-state index in [1.54, 1.807) is 7.11 Å². The van der Waals surface area contributed by atoms with Crippen LogP contribution in [-0.4, -0.2) is 27.5 Å². The summed E-state index contributed by atoms with van der Waals surface area (Å²) in [5.74, 6) is 1.88. The summed E-state index contributed by atoms with van der Waals surface area (Å²) in [6.07, 6.45) is 0. The second-order valence-corrected chi connectivity index (χ2v) is 8.36. The number of hydrogen-bond acceptors (Lipinski definition) is 9. The molecule has 1 N–H and O–H groups in total. The molecule has 0 fully saturated rings. The molecule has 0 saturated heterocycles. The van der Waals surface area contributed by atoms with Crippen molar-refractivity contribution in [2.75, 3.05) is 12.4 Å². The molecule has 0 radical (unpaired) electrons. The van der Waals surface area contributed by atoms with E-state index in [4.69, 9.17) is 9.15 Å². The summed E-state index contributed by atoms with van der Waals surface area (Å²) < 4.78 is 11.8. The lowest BCUT2D eigenvalue weighted by Crippen LogP contribution is -1.89. The topological polar surface area (TPSA) is 86.0 Å². The van der Waals surface area contributed by atoms with Gasteiger partial charge in [0.2, 0.25) is 16.9 Å². The summed E-state index contributed by atoms with van der Waals surface area (Å²) in [5.41, 5.74) is 1.83. The van der Waals surface area contributed by atoms with Gasteiger partial charge in [-0.1, -0.05) is 41.3 Å². The summed E-state index contributed by atoms with van der Waals surface area (Å²) in [6, 6.07) is 17.4. The van der Waals surface area contributed by atoms with Gasteiger partial charge in [-0.05, 0) is 43.3 Å². The molecule has 0 aliphatic rings. The lowest BCUT2D eigenvalue weighted by molar-refractivity contribution is 0.415. The van der Waals surface area contributed by atoms with Crippen molar-refractivity contribution in [1.29, 1.82) is 0 Å². The number of aromatic nitrogens is 4. The second-order valence-electron chi connectivity index (χ2n) is 5.80. The first kappa shape index (κ1) is 18.5. The van der Waals surface area contributed by atoms with E-state index in [0.717, 1.165) is 26.5 Å². The standard InChI is InChI=1S/C19H17N5O2S2/c1-12(16-21-22-17(26-16)13-6-4-3-5-7-13)27-19-24-23-18(28-19)20-14-8-10-15(25-2)11-9-14/h3-12H,1-2H3,(H,20,23)/t12-/m0/s1. The first-order valence-corrected chi connectivity index (χ1v) is 10.2. The van der Waals surface area contributed by atoms with Crippen LogP contribution in [0, 0.1) is 0 Å². The monoisotopic (exact) mass is 411 g/mol. The summed E-state index contributed by atoms with van der Waals surface area (Å²) in [7, 11) is 1.64. The molecule has 0 spiro atoms. The zero-order chi connectivity index (χ0) is 19.3. The van der Waals surface area contributed by atoms with E-state index in [-0.39, 0.29) is 5.25 Å². The smallest absolute Gasteiger partial charge is 0.247 e. The number of methoxy groups -OCH3 is 1. The zero-order valence-electron chi connectivity index (χ0n) is 15.2. The number of nitrogens with zero attached hydrogens (tertiary/aromatic N) is 4. The van der Waals surface area contributed by atoms with Gasteiger partial charge >= 0.3 is 0 Å². The number of benzene rings is 2. The van der Waals surface area contributed by atoms with Crippen molar-refractivity contribution in [3.8, 4) is 17.2 Å². The molecule has 2 aromatic carbocycles. The van der Waals surface area contributed by atoms with Crippen LogP contribution in [0.15, 0.2) is 63.4 Å². The predicted octanol–water partition coefficient (Wildman–Crippen LogP) is 5.19. The Morgan fingerprint density at radius 3 is 2.54 bits per heavy atom. The van der Waals surface area contributed by atoms with Crippen molar-refractivity contribution in [3.05, 3.63) is 60.5 Å². The highest BCUT2D eigenvalue weighted by Crippen LogP contribution is 2.38.